The van der Waals surface area contributed by atoms with Gasteiger partial charge in [-0.05, 0) is 32.3 Å². The molecule has 4 heteroatoms. The van der Waals surface area contributed by atoms with Crippen molar-refractivity contribution in [2.24, 2.45) is 11.3 Å². The van der Waals surface area contributed by atoms with Crippen molar-refractivity contribution in [3.63, 3.8) is 0 Å². The molecule has 0 amide bonds. The van der Waals surface area contributed by atoms with Crippen LogP contribution in [0.25, 0.3) is 0 Å². The summed E-state index contributed by atoms with van der Waals surface area (Å²) in [6.45, 7) is 7.45. The molecule has 0 spiro atoms. The fourth-order valence-corrected chi connectivity index (χ4v) is 3.76. The number of rotatable bonds is 1. The zero-order chi connectivity index (χ0) is 15.4. The summed E-state index contributed by atoms with van der Waals surface area (Å²) < 4.78 is 10.9. The first kappa shape index (κ1) is 14.1. The third-order valence-corrected chi connectivity index (χ3v) is 5.07. The van der Waals surface area contributed by atoms with Crippen molar-refractivity contribution in [2.45, 2.75) is 46.6 Å². The Kier molecular flexibility index (Phi) is 3.08. The normalized spacial score (nSPS) is 34.6. The second kappa shape index (κ2) is 4.58. The number of ether oxygens (including phenoxy) is 2. The van der Waals surface area contributed by atoms with Gasteiger partial charge in [-0.1, -0.05) is 18.6 Å². The number of carbonyl (C=O) groups is 2. The molecule has 0 saturated carbocycles. The number of fused-ring (bicyclic) bond motifs is 2. The predicted octanol–water partition coefficient (Wildman–Crippen LogP) is 3.05. The topological polar surface area (TPSA) is 52.6 Å². The standard InChI is InChI=1S/C17H20O4/c1-9-5-6-15(20-11(3)18)17(4)8-14-12(7-13(9)17)10(2)16(19)21-14/h5,8,13,15H,6-7H2,1-4H3/t13-,15+,17+/m0/s1. The van der Waals surface area contributed by atoms with E-state index < -0.39 is 0 Å². The Morgan fingerprint density at radius 1 is 1.43 bits per heavy atom. The van der Waals surface area contributed by atoms with Crippen LogP contribution in [0.1, 0.15) is 40.5 Å². The molecule has 3 atom stereocenters. The molecule has 0 aromatic heterocycles. The van der Waals surface area contributed by atoms with E-state index in [9.17, 15) is 9.59 Å². The van der Waals surface area contributed by atoms with Crippen LogP contribution in [0.2, 0.25) is 0 Å². The lowest BCUT2D eigenvalue weighted by molar-refractivity contribution is -0.153. The predicted molar refractivity (Wildman–Crippen MR) is 77.0 cm³/mol. The molecule has 0 N–H and O–H groups in total. The number of hydrogen-bond acceptors (Lipinski definition) is 4. The summed E-state index contributed by atoms with van der Waals surface area (Å²) in [6.07, 6.45) is 5.40. The molecule has 1 aliphatic heterocycles. The molecular formula is C17H20O4. The molecule has 3 rings (SSSR count). The number of allylic oxidation sites excluding steroid dienone is 2. The van der Waals surface area contributed by atoms with Gasteiger partial charge < -0.3 is 9.47 Å². The minimum absolute atomic E-state index is 0.211. The van der Waals surface area contributed by atoms with Crippen molar-refractivity contribution in [2.75, 3.05) is 0 Å². The SMILES string of the molecule is CC(=O)O[C@@H]1CC=C(C)[C@@H]2CC3=C(C)C(=O)OC3=C[C@@]12C. The van der Waals surface area contributed by atoms with Gasteiger partial charge in [-0.25, -0.2) is 4.79 Å². The van der Waals surface area contributed by atoms with Crippen LogP contribution >= 0.6 is 0 Å². The largest absolute Gasteiger partial charge is 0.461 e. The van der Waals surface area contributed by atoms with Crippen LogP contribution in [0.3, 0.4) is 0 Å². The van der Waals surface area contributed by atoms with Gasteiger partial charge in [0.05, 0.1) is 0 Å². The van der Waals surface area contributed by atoms with E-state index in [0.29, 0.717) is 17.8 Å². The molecule has 0 aromatic carbocycles. The van der Waals surface area contributed by atoms with E-state index in [4.69, 9.17) is 9.47 Å². The minimum Gasteiger partial charge on any atom is -0.461 e. The van der Waals surface area contributed by atoms with E-state index in [-0.39, 0.29) is 29.4 Å². The van der Waals surface area contributed by atoms with E-state index in [1.807, 2.05) is 13.0 Å². The highest BCUT2D eigenvalue weighted by molar-refractivity contribution is 5.94. The highest BCUT2D eigenvalue weighted by atomic mass is 16.5. The summed E-state index contributed by atoms with van der Waals surface area (Å²) in [5, 5.41) is 0. The average molecular weight is 288 g/mol. The van der Waals surface area contributed by atoms with E-state index in [1.54, 1.807) is 0 Å². The number of carbonyl (C=O) groups excluding carboxylic acids is 2. The third-order valence-electron chi connectivity index (χ3n) is 5.07. The molecular weight excluding hydrogens is 268 g/mol. The fraction of sp³-hybridized carbons (Fsp3) is 0.529. The van der Waals surface area contributed by atoms with Gasteiger partial charge in [-0.2, -0.15) is 0 Å². The first-order valence-electron chi connectivity index (χ1n) is 7.32. The first-order valence-corrected chi connectivity index (χ1v) is 7.32. The minimum atomic E-state index is -0.325. The van der Waals surface area contributed by atoms with Crippen LogP contribution in [0.15, 0.2) is 34.6 Å². The Morgan fingerprint density at radius 2 is 2.14 bits per heavy atom. The van der Waals surface area contributed by atoms with Gasteiger partial charge in [-0.15, -0.1) is 0 Å². The van der Waals surface area contributed by atoms with Gasteiger partial charge in [0.1, 0.15) is 11.9 Å². The van der Waals surface area contributed by atoms with Gasteiger partial charge in [0.15, 0.2) is 0 Å². The zero-order valence-corrected chi connectivity index (χ0v) is 12.9. The smallest absolute Gasteiger partial charge is 0.339 e. The van der Waals surface area contributed by atoms with Crippen molar-refractivity contribution in [1.29, 1.82) is 0 Å². The Balaban J connectivity index is 2.07. The quantitative estimate of drug-likeness (QED) is 0.549. The van der Waals surface area contributed by atoms with Crippen LogP contribution in [-0.4, -0.2) is 18.0 Å². The van der Waals surface area contributed by atoms with Crippen LogP contribution < -0.4 is 0 Å². The lowest BCUT2D eigenvalue weighted by Gasteiger charge is -2.46. The third kappa shape index (κ3) is 2.04. The van der Waals surface area contributed by atoms with Gasteiger partial charge >= 0.3 is 11.9 Å². The monoisotopic (exact) mass is 288 g/mol. The maximum absolute atomic E-state index is 11.8. The van der Waals surface area contributed by atoms with Crippen molar-refractivity contribution >= 4 is 11.9 Å². The molecule has 0 aromatic rings. The Morgan fingerprint density at radius 3 is 2.81 bits per heavy atom. The molecule has 21 heavy (non-hydrogen) atoms. The molecule has 0 fully saturated rings. The number of esters is 2. The van der Waals surface area contributed by atoms with Crippen LogP contribution in [0, 0.1) is 11.3 Å². The highest BCUT2D eigenvalue weighted by Crippen LogP contribution is 2.53. The maximum atomic E-state index is 11.8. The summed E-state index contributed by atoms with van der Waals surface area (Å²) in [7, 11) is 0. The number of hydrogen-bond donors (Lipinski definition) is 0. The molecule has 112 valence electrons. The molecule has 4 nitrogen and oxygen atoms in total. The fourth-order valence-electron chi connectivity index (χ4n) is 3.76. The Bertz CT molecular complexity index is 623. The summed E-state index contributed by atoms with van der Waals surface area (Å²) >= 11 is 0. The average Bonchev–Trinajstić information content (AvgIpc) is 2.66. The van der Waals surface area contributed by atoms with Crippen LogP contribution in [0.5, 0.6) is 0 Å². The lowest BCUT2D eigenvalue weighted by Crippen LogP contribution is -2.45. The van der Waals surface area contributed by atoms with Crippen molar-refractivity contribution in [3.05, 3.63) is 34.6 Å². The van der Waals surface area contributed by atoms with Gasteiger partial charge in [0.2, 0.25) is 0 Å². The molecule has 3 aliphatic rings. The van der Waals surface area contributed by atoms with E-state index in [0.717, 1.165) is 12.0 Å². The summed E-state index contributed by atoms with van der Waals surface area (Å²) in [5.41, 5.74) is 2.66. The van der Waals surface area contributed by atoms with Gasteiger partial charge in [0, 0.05) is 29.9 Å². The maximum Gasteiger partial charge on any atom is 0.339 e. The Hall–Kier alpha value is -1.84. The molecule has 2 aliphatic carbocycles. The van der Waals surface area contributed by atoms with Crippen LogP contribution in [-0.2, 0) is 19.1 Å². The summed E-state index contributed by atoms with van der Waals surface area (Å²) in [6, 6.07) is 0. The summed E-state index contributed by atoms with van der Waals surface area (Å²) in [4.78, 5) is 23.2. The van der Waals surface area contributed by atoms with Gasteiger partial charge in [-0.3, -0.25) is 4.79 Å². The van der Waals surface area contributed by atoms with Crippen molar-refractivity contribution in [3.8, 4) is 0 Å². The van der Waals surface area contributed by atoms with E-state index >= 15 is 0 Å². The second-order valence-corrected chi connectivity index (χ2v) is 6.41. The lowest BCUT2D eigenvalue weighted by atomic mass is 9.60. The van der Waals surface area contributed by atoms with E-state index in [1.165, 1.54) is 12.5 Å². The van der Waals surface area contributed by atoms with E-state index in [2.05, 4.69) is 19.9 Å². The van der Waals surface area contributed by atoms with Crippen LogP contribution in [0.4, 0.5) is 0 Å². The summed E-state index contributed by atoms with van der Waals surface area (Å²) in [5.74, 6) is 0.360. The molecule has 0 saturated heterocycles. The zero-order valence-electron chi connectivity index (χ0n) is 12.9. The molecule has 0 bridgehead atoms. The second-order valence-electron chi connectivity index (χ2n) is 6.41. The Labute approximate surface area is 124 Å². The molecule has 1 heterocycles. The first-order chi connectivity index (χ1) is 9.83. The van der Waals surface area contributed by atoms with Gasteiger partial charge in [0.25, 0.3) is 0 Å². The molecule has 0 radical (unpaired) electrons. The molecule has 0 unspecified atom stereocenters. The highest BCUT2D eigenvalue weighted by Gasteiger charge is 2.50. The van der Waals surface area contributed by atoms with Crippen molar-refractivity contribution in [1.82, 2.24) is 0 Å². The van der Waals surface area contributed by atoms with Crippen molar-refractivity contribution < 1.29 is 19.1 Å².